The van der Waals surface area contributed by atoms with Crippen LogP contribution in [0, 0.1) is 5.92 Å². The maximum Gasteiger partial charge on any atom is 0.258 e. The summed E-state index contributed by atoms with van der Waals surface area (Å²) in [5.41, 5.74) is 0.887. The number of pyridine rings is 1. The van der Waals surface area contributed by atoms with Gasteiger partial charge in [0.1, 0.15) is 5.82 Å². The Balaban J connectivity index is 1.24. The lowest BCUT2D eigenvalue weighted by atomic mass is 9.83. The molecule has 3 aliphatic rings. The number of carbonyl (C=O) groups excluding carboxylic acids is 1. The molecular formula is C21H27N5O3. The van der Waals surface area contributed by atoms with Gasteiger partial charge in [0.15, 0.2) is 5.82 Å². The van der Waals surface area contributed by atoms with E-state index in [4.69, 9.17) is 9.26 Å². The van der Waals surface area contributed by atoms with Gasteiger partial charge in [-0.3, -0.25) is 4.79 Å². The van der Waals surface area contributed by atoms with Gasteiger partial charge in [0, 0.05) is 49.8 Å². The second-order valence-corrected chi connectivity index (χ2v) is 8.19. The average Bonchev–Trinajstić information content (AvgIpc) is 3.24. The van der Waals surface area contributed by atoms with Crippen LogP contribution in [0.4, 0.5) is 5.82 Å². The summed E-state index contributed by atoms with van der Waals surface area (Å²) < 4.78 is 11.0. The number of rotatable bonds is 4. The highest BCUT2D eigenvalue weighted by molar-refractivity contribution is 5.79. The van der Waals surface area contributed by atoms with Crippen molar-refractivity contribution in [1.29, 1.82) is 0 Å². The Bertz CT molecular complexity index is 852. The van der Waals surface area contributed by atoms with Gasteiger partial charge < -0.3 is 19.1 Å². The van der Waals surface area contributed by atoms with Crippen molar-refractivity contribution in [2.45, 2.75) is 38.0 Å². The molecule has 8 heteroatoms. The van der Waals surface area contributed by atoms with Crippen LogP contribution in [0.5, 0.6) is 0 Å². The van der Waals surface area contributed by atoms with E-state index in [1.165, 1.54) is 6.42 Å². The van der Waals surface area contributed by atoms with Crippen molar-refractivity contribution in [3.63, 3.8) is 0 Å². The predicted molar refractivity (Wildman–Crippen MR) is 106 cm³/mol. The standard InChI is InChI=1S/C21H27N5O3/c27-21(16-2-1-3-16)26-8-5-15(6-9-26)19-23-20(29-24-19)17-4-7-22-18(14-17)25-10-12-28-13-11-25/h4,7,14-16H,1-3,5-6,8-13H2. The van der Waals surface area contributed by atoms with E-state index in [9.17, 15) is 4.79 Å². The average molecular weight is 397 g/mol. The Morgan fingerprint density at radius 1 is 1.07 bits per heavy atom. The zero-order valence-corrected chi connectivity index (χ0v) is 16.6. The molecule has 0 radical (unpaired) electrons. The molecule has 2 aromatic heterocycles. The van der Waals surface area contributed by atoms with E-state index in [-0.39, 0.29) is 11.8 Å². The second kappa shape index (κ2) is 8.10. The van der Waals surface area contributed by atoms with E-state index in [1.807, 2.05) is 17.0 Å². The Morgan fingerprint density at radius 3 is 2.59 bits per heavy atom. The first-order valence-electron chi connectivity index (χ1n) is 10.7. The molecule has 0 aromatic carbocycles. The van der Waals surface area contributed by atoms with Crippen LogP contribution in [-0.2, 0) is 9.53 Å². The lowest BCUT2D eigenvalue weighted by Crippen LogP contribution is -2.43. The van der Waals surface area contributed by atoms with Crippen LogP contribution in [-0.4, -0.2) is 65.3 Å². The maximum absolute atomic E-state index is 12.4. The molecular weight excluding hydrogens is 370 g/mol. The summed E-state index contributed by atoms with van der Waals surface area (Å²) in [5, 5.41) is 4.25. The number of anilines is 1. The first-order chi connectivity index (χ1) is 14.3. The van der Waals surface area contributed by atoms with Gasteiger partial charge in [-0.1, -0.05) is 11.6 Å². The van der Waals surface area contributed by atoms with E-state index in [0.717, 1.165) is 82.3 Å². The topological polar surface area (TPSA) is 84.6 Å². The fourth-order valence-corrected chi connectivity index (χ4v) is 4.31. The van der Waals surface area contributed by atoms with E-state index in [0.29, 0.717) is 11.8 Å². The molecule has 4 heterocycles. The van der Waals surface area contributed by atoms with Crippen molar-refractivity contribution in [1.82, 2.24) is 20.0 Å². The van der Waals surface area contributed by atoms with Gasteiger partial charge in [-0.15, -0.1) is 0 Å². The summed E-state index contributed by atoms with van der Waals surface area (Å²) in [6.07, 6.45) is 6.89. The van der Waals surface area contributed by atoms with Gasteiger partial charge in [0.05, 0.1) is 13.2 Å². The fourth-order valence-electron chi connectivity index (χ4n) is 4.31. The number of aromatic nitrogens is 3. The zero-order valence-electron chi connectivity index (χ0n) is 16.6. The molecule has 29 heavy (non-hydrogen) atoms. The predicted octanol–water partition coefficient (Wildman–Crippen LogP) is 2.47. The number of amides is 1. The molecule has 0 atom stereocenters. The first-order valence-corrected chi connectivity index (χ1v) is 10.7. The highest BCUT2D eigenvalue weighted by atomic mass is 16.5. The van der Waals surface area contributed by atoms with Gasteiger partial charge in [-0.25, -0.2) is 4.98 Å². The van der Waals surface area contributed by atoms with Gasteiger partial charge in [0.25, 0.3) is 5.89 Å². The third kappa shape index (κ3) is 3.85. The number of hydrogen-bond acceptors (Lipinski definition) is 7. The number of likely N-dealkylation sites (tertiary alicyclic amines) is 1. The van der Waals surface area contributed by atoms with Gasteiger partial charge in [-0.05, 0) is 37.8 Å². The molecule has 8 nitrogen and oxygen atoms in total. The molecule has 3 fully saturated rings. The van der Waals surface area contributed by atoms with Crippen LogP contribution in [0.25, 0.3) is 11.5 Å². The molecule has 1 aliphatic carbocycles. The van der Waals surface area contributed by atoms with Gasteiger partial charge >= 0.3 is 0 Å². The van der Waals surface area contributed by atoms with Crippen LogP contribution in [0.1, 0.15) is 43.8 Å². The SMILES string of the molecule is O=C(C1CCC1)N1CCC(c2noc(-c3ccnc(N4CCOCC4)c3)n2)CC1. The summed E-state index contributed by atoms with van der Waals surface area (Å²) >= 11 is 0. The second-order valence-electron chi connectivity index (χ2n) is 8.19. The van der Waals surface area contributed by atoms with Crippen LogP contribution in [0.3, 0.4) is 0 Å². The number of piperidine rings is 1. The quantitative estimate of drug-likeness (QED) is 0.783. The van der Waals surface area contributed by atoms with E-state index in [2.05, 4.69) is 20.0 Å². The molecule has 0 spiro atoms. The number of ether oxygens (including phenoxy) is 1. The summed E-state index contributed by atoms with van der Waals surface area (Å²) in [4.78, 5) is 25.8. The summed E-state index contributed by atoms with van der Waals surface area (Å²) in [6, 6.07) is 3.91. The molecule has 0 N–H and O–H groups in total. The van der Waals surface area contributed by atoms with Gasteiger partial charge in [-0.2, -0.15) is 4.98 Å². The van der Waals surface area contributed by atoms with Crippen LogP contribution in [0.2, 0.25) is 0 Å². The largest absolute Gasteiger partial charge is 0.378 e. The molecule has 154 valence electrons. The molecule has 0 bridgehead atoms. The third-order valence-corrected chi connectivity index (χ3v) is 6.40. The van der Waals surface area contributed by atoms with E-state index in [1.54, 1.807) is 6.20 Å². The summed E-state index contributed by atoms with van der Waals surface area (Å²) in [5.74, 6) is 3.06. The minimum Gasteiger partial charge on any atom is -0.378 e. The molecule has 2 aliphatic heterocycles. The Hall–Kier alpha value is -2.48. The molecule has 1 saturated carbocycles. The lowest BCUT2D eigenvalue weighted by molar-refractivity contribution is -0.139. The van der Waals surface area contributed by atoms with Crippen LogP contribution >= 0.6 is 0 Å². The smallest absolute Gasteiger partial charge is 0.258 e. The zero-order chi connectivity index (χ0) is 19.6. The molecule has 1 amide bonds. The van der Waals surface area contributed by atoms with Crippen molar-refractivity contribution < 1.29 is 14.1 Å². The van der Waals surface area contributed by atoms with Crippen LogP contribution in [0.15, 0.2) is 22.9 Å². The van der Waals surface area contributed by atoms with E-state index >= 15 is 0 Å². The number of carbonyl (C=O) groups is 1. The molecule has 0 unspecified atom stereocenters. The monoisotopic (exact) mass is 397 g/mol. The number of hydrogen-bond donors (Lipinski definition) is 0. The summed E-state index contributed by atoms with van der Waals surface area (Å²) in [7, 11) is 0. The van der Waals surface area contributed by atoms with Crippen molar-refractivity contribution in [3.05, 3.63) is 24.2 Å². The van der Waals surface area contributed by atoms with Crippen molar-refractivity contribution in [2.24, 2.45) is 5.92 Å². The highest BCUT2D eigenvalue weighted by Gasteiger charge is 2.33. The van der Waals surface area contributed by atoms with Crippen LogP contribution < -0.4 is 4.90 Å². The van der Waals surface area contributed by atoms with Gasteiger partial charge in [0.2, 0.25) is 5.91 Å². The Morgan fingerprint density at radius 2 is 1.86 bits per heavy atom. The highest BCUT2D eigenvalue weighted by Crippen LogP contribution is 2.32. The van der Waals surface area contributed by atoms with Crippen molar-refractivity contribution in [3.8, 4) is 11.5 Å². The van der Waals surface area contributed by atoms with Crippen molar-refractivity contribution >= 4 is 11.7 Å². The normalized spacial score (nSPS) is 21.2. The Kier molecular flexibility index (Phi) is 5.18. The maximum atomic E-state index is 12.4. The fraction of sp³-hybridized carbons (Fsp3) is 0.619. The first kappa shape index (κ1) is 18.5. The lowest BCUT2D eigenvalue weighted by Gasteiger charge is -2.35. The van der Waals surface area contributed by atoms with E-state index < -0.39 is 0 Å². The molecule has 2 saturated heterocycles. The number of morpholine rings is 1. The minimum atomic E-state index is 0.249. The number of nitrogens with zero attached hydrogens (tertiary/aromatic N) is 5. The summed E-state index contributed by atoms with van der Waals surface area (Å²) in [6.45, 7) is 4.70. The minimum absolute atomic E-state index is 0.249. The Labute approximate surface area is 170 Å². The molecule has 5 rings (SSSR count). The molecule has 2 aromatic rings. The van der Waals surface area contributed by atoms with Crippen molar-refractivity contribution in [2.75, 3.05) is 44.3 Å². The third-order valence-electron chi connectivity index (χ3n) is 6.40.